The molecule has 1 unspecified atom stereocenters. The second-order valence-electron chi connectivity index (χ2n) is 4.41. The Bertz CT molecular complexity index is 152. The van der Waals surface area contributed by atoms with Crippen LogP contribution in [-0.4, -0.2) is 26.3 Å². The summed E-state index contributed by atoms with van der Waals surface area (Å²) >= 11 is 0. The van der Waals surface area contributed by atoms with E-state index in [0.717, 1.165) is 12.0 Å². The summed E-state index contributed by atoms with van der Waals surface area (Å²) in [7, 11) is 1.80. The smallest absolute Gasteiger partial charge is 0.0616 e. The molecule has 1 aliphatic heterocycles. The van der Waals surface area contributed by atoms with Crippen molar-refractivity contribution in [3.63, 3.8) is 0 Å². The van der Waals surface area contributed by atoms with E-state index in [1.807, 2.05) is 0 Å². The van der Waals surface area contributed by atoms with Crippen molar-refractivity contribution in [1.82, 2.24) is 5.32 Å². The van der Waals surface area contributed by atoms with Crippen LogP contribution in [0.2, 0.25) is 0 Å². The van der Waals surface area contributed by atoms with Crippen LogP contribution in [0.5, 0.6) is 0 Å². The van der Waals surface area contributed by atoms with Gasteiger partial charge in [0.2, 0.25) is 0 Å². The Hall–Kier alpha value is -0.0800. The highest BCUT2D eigenvalue weighted by Gasteiger charge is 2.40. The van der Waals surface area contributed by atoms with Crippen LogP contribution in [0.1, 0.15) is 32.1 Å². The van der Waals surface area contributed by atoms with Gasteiger partial charge in [-0.3, -0.25) is 0 Å². The summed E-state index contributed by atoms with van der Waals surface area (Å²) in [5, 5.41) is 3.52. The normalized spacial score (nSPS) is 33.2. The molecule has 0 aromatic carbocycles. The zero-order chi connectivity index (χ0) is 8.44. The minimum Gasteiger partial charge on any atom is -0.383 e. The van der Waals surface area contributed by atoms with Crippen molar-refractivity contribution in [3.8, 4) is 0 Å². The van der Waals surface area contributed by atoms with Crippen molar-refractivity contribution in [2.75, 3.05) is 20.3 Å². The molecule has 1 saturated carbocycles. The molecule has 1 aliphatic carbocycles. The molecule has 12 heavy (non-hydrogen) atoms. The summed E-state index contributed by atoms with van der Waals surface area (Å²) in [6.07, 6.45) is 7.14. The van der Waals surface area contributed by atoms with Gasteiger partial charge in [0.15, 0.2) is 0 Å². The van der Waals surface area contributed by atoms with Gasteiger partial charge < -0.3 is 10.1 Å². The molecule has 0 aromatic rings. The number of hydrogen-bond acceptors (Lipinski definition) is 2. The van der Waals surface area contributed by atoms with Crippen molar-refractivity contribution in [2.24, 2.45) is 5.41 Å². The molecule has 70 valence electrons. The van der Waals surface area contributed by atoms with Crippen LogP contribution in [0.15, 0.2) is 0 Å². The van der Waals surface area contributed by atoms with Gasteiger partial charge in [-0.2, -0.15) is 0 Å². The van der Waals surface area contributed by atoms with Crippen LogP contribution in [0.3, 0.4) is 0 Å². The maximum absolute atomic E-state index is 5.18. The molecule has 1 saturated heterocycles. The van der Waals surface area contributed by atoms with Crippen LogP contribution in [-0.2, 0) is 4.74 Å². The lowest BCUT2D eigenvalue weighted by Crippen LogP contribution is -2.48. The van der Waals surface area contributed by atoms with Gasteiger partial charge in [-0.15, -0.1) is 0 Å². The molecule has 2 heteroatoms. The summed E-state index contributed by atoms with van der Waals surface area (Å²) in [6, 6.07) is 0.629. The molecular formula is C10H19NO. The van der Waals surface area contributed by atoms with Crippen molar-refractivity contribution in [2.45, 2.75) is 38.1 Å². The van der Waals surface area contributed by atoms with E-state index >= 15 is 0 Å². The molecule has 2 rings (SSSR count). The van der Waals surface area contributed by atoms with E-state index < -0.39 is 0 Å². The molecule has 1 spiro atoms. The predicted molar refractivity (Wildman–Crippen MR) is 49.2 cm³/mol. The van der Waals surface area contributed by atoms with Crippen LogP contribution in [0.25, 0.3) is 0 Å². The standard InChI is InChI=1S/C10H19NO/c1-12-8-9-7-10(3-2-4-10)5-6-11-9/h9,11H,2-8H2,1H3. The quantitative estimate of drug-likeness (QED) is 0.677. The second kappa shape index (κ2) is 3.35. The average Bonchev–Trinajstić information content (AvgIpc) is 2.03. The third-order valence-electron chi connectivity index (χ3n) is 3.55. The first-order valence-electron chi connectivity index (χ1n) is 5.07. The van der Waals surface area contributed by atoms with Gasteiger partial charge in [-0.25, -0.2) is 0 Å². The fraction of sp³-hybridized carbons (Fsp3) is 1.00. The fourth-order valence-corrected chi connectivity index (χ4v) is 2.69. The highest BCUT2D eigenvalue weighted by atomic mass is 16.5. The predicted octanol–water partition coefficient (Wildman–Crippen LogP) is 1.56. The van der Waals surface area contributed by atoms with Crippen molar-refractivity contribution in [3.05, 3.63) is 0 Å². The van der Waals surface area contributed by atoms with E-state index in [2.05, 4.69) is 5.32 Å². The first kappa shape index (κ1) is 8.52. The monoisotopic (exact) mass is 169 g/mol. The first-order chi connectivity index (χ1) is 5.85. The maximum atomic E-state index is 5.18. The molecular weight excluding hydrogens is 150 g/mol. The summed E-state index contributed by atoms with van der Waals surface area (Å²) in [5.41, 5.74) is 0.731. The van der Waals surface area contributed by atoms with Gasteiger partial charge in [0, 0.05) is 13.2 Å². The zero-order valence-electron chi connectivity index (χ0n) is 7.94. The lowest BCUT2D eigenvalue weighted by atomic mass is 9.62. The van der Waals surface area contributed by atoms with Crippen LogP contribution in [0, 0.1) is 5.41 Å². The van der Waals surface area contributed by atoms with Crippen LogP contribution >= 0.6 is 0 Å². The highest BCUT2D eigenvalue weighted by Crippen LogP contribution is 2.48. The summed E-state index contributed by atoms with van der Waals surface area (Å²) in [4.78, 5) is 0. The molecule has 1 N–H and O–H groups in total. The van der Waals surface area contributed by atoms with Gasteiger partial charge in [-0.05, 0) is 37.6 Å². The fourth-order valence-electron chi connectivity index (χ4n) is 2.69. The van der Waals surface area contributed by atoms with E-state index in [1.54, 1.807) is 7.11 Å². The minimum absolute atomic E-state index is 0.629. The topological polar surface area (TPSA) is 21.3 Å². The number of ether oxygens (including phenoxy) is 1. The van der Waals surface area contributed by atoms with Gasteiger partial charge in [-0.1, -0.05) is 6.42 Å². The number of methoxy groups -OCH3 is 1. The third-order valence-corrected chi connectivity index (χ3v) is 3.55. The number of nitrogens with one attached hydrogen (secondary N) is 1. The van der Waals surface area contributed by atoms with Gasteiger partial charge in [0.05, 0.1) is 6.61 Å². The number of hydrogen-bond donors (Lipinski definition) is 1. The van der Waals surface area contributed by atoms with Crippen LogP contribution < -0.4 is 5.32 Å². The van der Waals surface area contributed by atoms with E-state index in [9.17, 15) is 0 Å². The largest absolute Gasteiger partial charge is 0.383 e. The lowest BCUT2D eigenvalue weighted by molar-refractivity contribution is 0.0382. The summed E-state index contributed by atoms with van der Waals surface area (Å²) in [6.45, 7) is 2.09. The maximum Gasteiger partial charge on any atom is 0.0616 e. The van der Waals surface area contributed by atoms with E-state index in [1.165, 1.54) is 38.6 Å². The Balaban J connectivity index is 1.85. The summed E-state index contributed by atoms with van der Waals surface area (Å²) < 4.78 is 5.18. The zero-order valence-corrected chi connectivity index (χ0v) is 7.94. The van der Waals surface area contributed by atoms with E-state index in [0.29, 0.717) is 6.04 Å². The average molecular weight is 169 g/mol. The van der Waals surface area contributed by atoms with Crippen LogP contribution in [0.4, 0.5) is 0 Å². The van der Waals surface area contributed by atoms with E-state index in [4.69, 9.17) is 4.74 Å². The third kappa shape index (κ3) is 1.50. The molecule has 1 heterocycles. The van der Waals surface area contributed by atoms with Crippen molar-refractivity contribution in [1.29, 1.82) is 0 Å². The van der Waals surface area contributed by atoms with E-state index in [-0.39, 0.29) is 0 Å². The Morgan fingerprint density at radius 3 is 2.83 bits per heavy atom. The van der Waals surface area contributed by atoms with Gasteiger partial charge in [0.25, 0.3) is 0 Å². The van der Waals surface area contributed by atoms with Crippen molar-refractivity contribution < 1.29 is 4.74 Å². The van der Waals surface area contributed by atoms with Gasteiger partial charge in [0.1, 0.15) is 0 Å². The molecule has 0 bridgehead atoms. The number of piperidine rings is 1. The molecule has 0 amide bonds. The summed E-state index contributed by atoms with van der Waals surface area (Å²) in [5.74, 6) is 0. The SMILES string of the molecule is COCC1CC2(CCC2)CCN1. The molecule has 1 atom stereocenters. The molecule has 2 aliphatic rings. The minimum atomic E-state index is 0.629. The van der Waals surface area contributed by atoms with Gasteiger partial charge >= 0.3 is 0 Å². The Kier molecular flexibility index (Phi) is 2.37. The Morgan fingerprint density at radius 2 is 2.25 bits per heavy atom. The number of rotatable bonds is 2. The Labute approximate surface area is 74.7 Å². The Morgan fingerprint density at radius 1 is 1.42 bits per heavy atom. The second-order valence-corrected chi connectivity index (χ2v) is 4.41. The van der Waals surface area contributed by atoms with Crippen molar-refractivity contribution >= 4 is 0 Å². The molecule has 2 fully saturated rings. The first-order valence-corrected chi connectivity index (χ1v) is 5.07. The molecule has 2 nitrogen and oxygen atoms in total. The molecule has 0 radical (unpaired) electrons. The highest BCUT2D eigenvalue weighted by molar-refractivity contribution is 4.94. The lowest BCUT2D eigenvalue weighted by Gasteiger charge is -2.48. The molecule has 0 aromatic heterocycles.